The minimum Gasteiger partial charge on any atom is -0.469 e. The minimum absolute atomic E-state index is 0.0138. The maximum atomic E-state index is 12.5. The highest BCUT2D eigenvalue weighted by atomic mass is 16.5. The molecule has 0 spiro atoms. The molecular weight excluding hydrogens is 572 g/mol. The Kier molecular flexibility index (Phi) is 10.7. The highest BCUT2D eigenvalue weighted by molar-refractivity contribution is 6.30. The van der Waals surface area contributed by atoms with Crippen molar-refractivity contribution in [3.8, 4) is 0 Å². The van der Waals surface area contributed by atoms with Crippen molar-refractivity contribution in [3.05, 3.63) is 55.5 Å². The van der Waals surface area contributed by atoms with Gasteiger partial charge in [-0.3, -0.25) is 19.2 Å². The Morgan fingerprint density at radius 2 is 1.53 bits per heavy atom. The van der Waals surface area contributed by atoms with Gasteiger partial charge < -0.3 is 24.8 Å². The van der Waals surface area contributed by atoms with Gasteiger partial charge in [0.1, 0.15) is 0 Å². The molecule has 0 radical (unpaired) electrons. The van der Waals surface area contributed by atoms with E-state index >= 15 is 0 Å². The van der Waals surface area contributed by atoms with Crippen LogP contribution in [-0.4, -0.2) is 59.7 Å². The molecule has 2 aromatic heterocycles. The third-order valence-corrected chi connectivity index (χ3v) is 9.60. The summed E-state index contributed by atoms with van der Waals surface area (Å²) in [5.41, 5.74) is 8.03. The lowest BCUT2D eigenvalue weighted by Crippen LogP contribution is -2.31. The number of aromatic amines is 2. The molecule has 4 rings (SSSR count). The van der Waals surface area contributed by atoms with E-state index in [0.717, 1.165) is 56.3 Å². The van der Waals surface area contributed by atoms with Crippen LogP contribution in [0.2, 0.25) is 0 Å². The standard InChI is InChI=1S/C35H46N4O6/c1-9-22-20(5)34(42)38-28(22)15-26-18(3)24(11-13-32(40)44-7)30(36-26)17-31-25(12-14-33(41)45-8)19(4)27(37-31)16-29-23(10-2)21(6)35(43)39-29/h15,17,21,23,29,36-37H,9-14,16H2,1-8H3,(H,39,43)/t21-,23-,29-/m1/s1. The first-order valence-corrected chi connectivity index (χ1v) is 15.8. The number of H-pyrrole nitrogens is 2. The predicted molar refractivity (Wildman–Crippen MR) is 173 cm³/mol. The molecule has 3 atom stereocenters. The molecule has 0 unspecified atom stereocenters. The summed E-state index contributed by atoms with van der Waals surface area (Å²) < 4.78 is 9.86. The van der Waals surface area contributed by atoms with Gasteiger partial charge >= 0.3 is 11.9 Å². The fraction of sp³-hybridized carbons (Fsp3) is 0.514. The minimum atomic E-state index is -0.306. The highest BCUT2D eigenvalue weighted by Gasteiger charge is 2.38. The number of aliphatic imine (C=N–C) groups is 1. The number of esters is 2. The Balaban J connectivity index is 1.85. The van der Waals surface area contributed by atoms with Gasteiger partial charge in [0, 0.05) is 58.9 Å². The van der Waals surface area contributed by atoms with E-state index in [-0.39, 0.29) is 54.5 Å². The second kappa shape index (κ2) is 14.3. The zero-order valence-electron chi connectivity index (χ0n) is 27.7. The second-order valence-corrected chi connectivity index (χ2v) is 12.1. The van der Waals surface area contributed by atoms with Crippen LogP contribution in [0, 0.1) is 25.7 Å². The van der Waals surface area contributed by atoms with Crippen molar-refractivity contribution >= 4 is 41.6 Å². The number of carbonyl (C=O) groups is 4. The average Bonchev–Trinajstić information content (AvgIpc) is 3.67. The number of rotatable bonds is 12. The largest absolute Gasteiger partial charge is 0.469 e. The molecule has 0 aliphatic carbocycles. The molecular formula is C35H46N4O6. The number of aromatic nitrogens is 2. The number of nitrogens with zero attached hydrogens (tertiary/aromatic N) is 1. The number of amides is 2. The molecule has 2 aromatic rings. The van der Waals surface area contributed by atoms with E-state index in [1.54, 1.807) is 6.92 Å². The molecule has 1 fully saturated rings. The maximum absolute atomic E-state index is 12.5. The first-order valence-electron chi connectivity index (χ1n) is 15.8. The Hall–Kier alpha value is -4.21. The summed E-state index contributed by atoms with van der Waals surface area (Å²) in [6.45, 7) is 11.9. The molecule has 45 heavy (non-hydrogen) atoms. The van der Waals surface area contributed by atoms with Crippen molar-refractivity contribution in [3.63, 3.8) is 0 Å². The van der Waals surface area contributed by atoms with Crippen molar-refractivity contribution in [1.29, 1.82) is 0 Å². The van der Waals surface area contributed by atoms with Crippen LogP contribution in [0.1, 0.15) is 87.0 Å². The molecule has 0 saturated carbocycles. The summed E-state index contributed by atoms with van der Waals surface area (Å²) >= 11 is 0. The fourth-order valence-corrected chi connectivity index (χ4v) is 6.75. The molecule has 0 bridgehead atoms. The summed E-state index contributed by atoms with van der Waals surface area (Å²) in [5, 5.41) is 4.80. The van der Waals surface area contributed by atoms with Crippen LogP contribution in [0.25, 0.3) is 12.2 Å². The third kappa shape index (κ3) is 7.05. The van der Waals surface area contributed by atoms with Gasteiger partial charge in [-0.2, -0.15) is 0 Å². The van der Waals surface area contributed by atoms with Crippen LogP contribution in [0.5, 0.6) is 0 Å². The monoisotopic (exact) mass is 618 g/mol. The lowest BCUT2D eigenvalue weighted by molar-refractivity contribution is -0.141. The third-order valence-electron chi connectivity index (χ3n) is 9.60. The van der Waals surface area contributed by atoms with Crippen molar-refractivity contribution in [2.45, 2.75) is 92.5 Å². The molecule has 2 aliphatic rings. The van der Waals surface area contributed by atoms with Crippen LogP contribution in [0.3, 0.4) is 0 Å². The van der Waals surface area contributed by atoms with E-state index in [4.69, 9.17) is 9.47 Å². The number of ether oxygens (including phenoxy) is 2. The van der Waals surface area contributed by atoms with E-state index in [0.29, 0.717) is 37.0 Å². The van der Waals surface area contributed by atoms with Gasteiger partial charge in [-0.1, -0.05) is 27.2 Å². The lowest BCUT2D eigenvalue weighted by atomic mass is 9.87. The Morgan fingerprint density at radius 3 is 2.13 bits per heavy atom. The molecule has 3 N–H and O–H groups in total. The molecule has 242 valence electrons. The van der Waals surface area contributed by atoms with Gasteiger partial charge in [0.25, 0.3) is 5.91 Å². The number of hydrogen-bond acceptors (Lipinski definition) is 6. The van der Waals surface area contributed by atoms with Gasteiger partial charge in [-0.15, -0.1) is 0 Å². The predicted octanol–water partition coefficient (Wildman–Crippen LogP) is 3.19. The number of methoxy groups -OCH3 is 2. The molecule has 10 nitrogen and oxygen atoms in total. The van der Waals surface area contributed by atoms with Gasteiger partial charge in [0.05, 0.1) is 19.9 Å². The van der Waals surface area contributed by atoms with Crippen molar-refractivity contribution in [2.24, 2.45) is 16.8 Å². The maximum Gasteiger partial charge on any atom is 0.305 e. The van der Waals surface area contributed by atoms with Crippen molar-refractivity contribution in [2.75, 3.05) is 14.2 Å². The SMILES string of the molecule is CCC1=C(C)C(=O)N=C1C=c1[nH]c(=Cc2[nH]c(C[C@H]3NC(=O)[C@H](C)[C@H]3CC)c(C)c2CCC(=O)OC)c(CCC(=O)OC)c1C. The quantitative estimate of drug-likeness (QED) is 0.312. The van der Waals surface area contributed by atoms with E-state index in [9.17, 15) is 19.2 Å². The fourth-order valence-electron chi connectivity index (χ4n) is 6.75. The Labute approximate surface area is 264 Å². The van der Waals surface area contributed by atoms with Gasteiger partial charge in [-0.25, -0.2) is 4.99 Å². The van der Waals surface area contributed by atoms with E-state index < -0.39 is 0 Å². The van der Waals surface area contributed by atoms with Gasteiger partial charge in [0.15, 0.2) is 0 Å². The van der Waals surface area contributed by atoms with E-state index in [1.165, 1.54) is 14.2 Å². The zero-order valence-corrected chi connectivity index (χ0v) is 27.7. The molecule has 4 heterocycles. The summed E-state index contributed by atoms with van der Waals surface area (Å²) in [4.78, 5) is 60.6. The van der Waals surface area contributed by atoms with Crippen LogP contribution >= 0.6 is 0 Å². The lowest BCUT2D eigenvalue weighted by Gasteiger charge is -2.19. The second-order valence-electron chi connectivity index (χ2n) is 12.1. The number of carbonyl (C=O) groups excluding carboxylic acids is 4. The number of allylic oxidation sites excluding steroid dienone is 1. The topological polar surface area (TPSA) is 143 Å². The Morgan fingerprint density at radius 1 is 0.889 bits per heavy atom. The van der Waals surface area contributed by atoms with Gasteiger partial charge in [-0.05, 0) is 85.9 Å². The number of nitrogens with one attached hydrogen (secondary N) is 3. The zero-order chi connectivity index (χ0) is 33.0. The van der Waals surface area contributed by atoms with Crippen LogP contribution in [-0.2, 0) is 47.9 Å². The number of hydrogen-bond donors (Lipinski definition) is 3. The first-order chi connectivity index (χ1) is 21.4. The summed E-state index contributed by atoms with van der Waals surface area (Å²) in [7, 11) is 2.76. The summed E-state index contributed by atoms with van der Waals surface area (Å²) in [6.07, 6.45) is 7.52. The van der Waals surface area contributed by atoms with E-state index in [2.05, 4.69) is 27.2 Å². The van der Waals surface area contributed by atoms with Crippen LogP contribution < -0.4 is 16.0 Å². The molecule has 1 saturated heterocycles. The average molecular weight is 619 g/mol. The van der Waals surface area contributed by atoms with Crippen LogP contribution in [0.4, 0.5) is 0 Å². The smallest absolute Gasteiger partial charge is 0.305 e. The first kappa shape index (κ1) is 33.7. The van der Waals surface area contributed by atoms with Crippen molar-refractivity contribution < 1.29 is 28.7 Å². The summed E-state index contributed by atoms with van der Waals surface area (Å²) in [6, 6.07) is 0.0138. The van der Waals surface area contributed by atoms with Crippen molar-refractivity contribution in [1.82, 2.24) is 15.3 Å². The molecule has 10 heteroatoms. The van der Waals surface area contributed by atoms with E-state index in [1.807, 2.05) is 39.8 Å². The van der Waals surface area contributed by atoms with Gasteiger partial charge in [0.2, 0.25) is 5.91 Å². The molecule has 2 aliphatic heterocycles. The molecule has 2 amide bonds. The summed E-state index contributed by atoms with van der Waals surface area (Å²) in [5.74, 6) is -0.543. The normalized spacial score (nSPS) is 20.7. The van der Waals surface area contributed by atoms with Crippen LogP contribution in [0.15, 0.2) is 16.1 Å². The highest BCUT2D eigenvalue weighted by Crippen LogP contribution is 2.30. The Bertz CT molecular complexity index is 1690. The molecule has 0 aromatic carbocycles.